The largest absolute Gasteiger partial charge is 0.357 e. The quantitative estimate of drug-likeness (QED) is 0.132. The van der Waals surface area contributed by atoms with E-state index >= 15 is 0 Å². The molecule has 0 aliphatic rings. The van der Waals surface area contributed by atoms with Crippen LogP contribution in [0.5, 0.6) is 0 Å². The first kappa shape index (κ1) is 28.9. The first-order valence-corrected chi connectivity index (χ1v) is 15.2. The molecule has 2 N–H and O–H groups in total. The number of nitrogens with one attached hydrogen (secondary N) is 2. The molecule has 0 amide bonds. The summed E-state index contributed by atoms with van der Waals surface area (Å²) in [6, 6.07) is 17.0. The van der Waals surface area contributed by atoms with Crippen LogP contribution in [0.25, 0.3) is 10.9 Å². The number of fused-ring (bicyclic) bond motifs is 1. The summed E-state index contributed by atoms with van der Waals surface area (Å²) in [5.41, 5.74) is 2.05. The van der Waals surface area contributed by atoms with Crippen LogP contribution in [0.2, 0.25) is 5.02 Å². The van der Waals surface area contributed by atoms with Crippen LogP contribution >= 0.6 is 27.5 Å². The first-order valence-electron chi connectivity index (χ1n) is 11.5. The minimum atomic E-state index is -4.08. The third kappa shape index (κ3) is 6.75. The fraction of sp³-hybridized carbons (Fsp3) is 0.154. The lowest BCUT2D eigenvalue weighted by molar-refractivity contribution is -0.384. The highest BCUT2D eigenvalue weighted by atomic mass is 79.9. The number of rotatable bonds is 11. The molecule has 39 heavy (non-hydrogen) atoms. The van der Waals surface area contributed by atoms with Gasteiger partial charge in [-0.1, -0.05) is 33.5 Å². The van der Waals surface area contributed by atoms with Gasteiger partial charge in [0.05, 0.1) is 27.8 Å². The van der Waals surface area contributed by atoms with Crippen molar-refractivity contribution >= 4 is 65.1 Å². The van der Waals surface area contributed by atoms with E-state index in [1.54, 1.807) is 24.3 Å². The van der Waals surface area contributed by atoms with Crippen molar-refractivity contribution in [2.24, 2.45) is 0 Å². The van der Waals surface area contributed by atoms with Gasteiger partial charge in [0.1, 0.15) is 11.0 Å². The molecule has 0 aliphatic carbocycles. The van der Waals surface area contributed by atoms with Gasteiger partial charge in [-0.3, -0.25) is 10.1 Å². The molecular weight excluding hydrogens is 628 g/mol. The molecule has 0 radical (unpaired) electrons. The van der Waals surface area contributed by atoms with Gasteiger partial charge in [-0.25, -0.2) is 17.3 Å². The molecule has 1 atom stereocenters. The summed E-state index contributed by atoms with van der Waals surface area (Å²) in [6.45, 7) is 0.0635. The lowest BCUT2D eigenvalue weighted by Crippen LogP contribution is -2.31. The molecule has 0 spiro atoms. The van der Waals surface area contributed by atoms with Crippen LogP contribution in [0.3, 0.4) is 0 Å². The molecule has 3 aromatic carbocycles. The second-order valence-electron chi connectivity index (χ2n) is 8.37. The summed E-state index contributed by atoms with van der Waals surface area (Å²) >= 11 is 9.40. The van der Waals surface area contributed by atoms with Crippen LogP contribution in [0.1, 0.15) is 11.3 Å². The molecule has 0 bridgehead atoms. The molecule has 202 valence electrons. The standard InChI is InChI=1S/C26H22BrClN4O5S2/c1-2-15-31(39(36,37)22-10-6-20(7-11-22)32(33)34)17-26-23(24-16-18(27)3-12-25(24)30-26)13-14-29-38(35)21-8-4-19(28)5-9-21/h1,3-12,16,29-30H,13-15,17H2. The van der Waals surface area contributed by atoms with Gasteiger partial charge in [0, 0.05) is 44.8 Å². The molecule has 0 saturated heterocycles. The number of aromatic amines is 1. The van der Waals surface area contributed by atoms with Crippen LogP contribution in [0.15, 0.2) is 81.0 Å². The number of terminal acetylenes is 1. The Bertz CT molecular complexity index is 1680. The molecule has 13 heteroatoms. The maximum atomic E-state index is 13.4. The van der Waals surface area contributed by atoms with E-state index in [-0.39, 0.29) is 23.7 Å². The summed E-state index contributed by atoms with van der Waals surface area (Å²) < 4.78 is 44.6. The number of hydrogen-bond donors (Lipinski definition) is 2. The van der Waals surface area contributed by atoms with Gasteiger partial charge in [-0.15, -0.1) is 6.42 Å². The maximum Gasteiger partial charge on any atom is 0.269 e. The Labute approximate surface area is 241 Å². The van der Waals surface area contributed by atoms with Gasteiger partial charge in [0.15, 0.2) is 0 Å². The Kier molecular flexibility index (Phi) is 9.22. The fourth-order valence-electron chi connectivity index (χ4n) is 4.00. The summed E-state index contributed by atoms with van der Waals surface area (Å²) in [5, 5.41) is 12.4. The number of H-pyrrole nitrogens is 1. The monoisotopic (exact) mass is 648 g/mol. The first-order chi connectivity index (χ1) is 18.6. The predicted octanol–water partition coefficient (Wildman–Crippen LogP) is 5.17. The second kappa shape index (κ2) is 12.4. The molecule has 0 saturated carbocycles. The van der Waals surface area contributed by atoms with Crippen molar-refractivity contribution in [3.05, 3.63) is 97.6 Å². The zero-order valence-electron chi connectivity index (χ0n) is 20.3. The number of hydrogen-bond acceptors (Lipinski definition) is 5. The molecule has 1 aromatic heterocycles. The van der Waals surface area contributed by atoms with Gasteiger partial charge >= 0.3 is 0 Å². The highest BCUT2D eigenvalue weighted by molar-refractivity contribution is 9.10. The van der Waals surface area contributed by atoms with E-state index in [1.165, 1.54) is 12.1 Å². The van der Waals surface area contributed by atoms with Crippen molar-refractivity contribution in [1.29, 1.82) is 0 Å². The number of halogens is 2. The zero-order chi connectivity index (χ0) is 28.2. The number of aromatic nitrogens is 1. The summed E-state index contributed by atoms with van der Waals surface area (Å²) in [7, 11) is -5.54. The normalized spacial score (nSPS) is 12.5. The zero-order valence-corrected chi connectivity index (χ0v) is 24.2. The third-order valence-corrected chi connectivity index (χ3v) is 9.60. The molecule has 0 aliphatic heterocycles. The van der Waals surface area contributed by atoms with Gasteiger partial charge in [-0.05, 0) is 66.6 Å². The smallest absolute Gasteiger partial charge is 0.269 e. The summed E-state index contributed by atoms with van der Waals surface area (Å²) in [5.74, 6) is 2.39. The summed E-state index contributed by atoms with van der Waals surface area (Å²) in [4.78, 5) is 14.2. The van der Waals surface area contributed by atoms with Gasteiger partial charge in [0.25, 0.3) is 5.69 Å². The molecule has 1 heterocycles. The van der Waals surface area contributed by atoms with Gasteiger partial charge in [0.2, 0.25) is 10.0 Å². The Morgan fingerprint density at radius 2 is 1.82 bits per heavy atom. The minimum absolute atomic E-state index is 0.0641. The number of benzene rings is 3. The predicted molar refractivity (Wildman–Crippen MR) is 155 cm³/mol. The van der Waals surface area contributed by atoms with E-state index in [4.69, 9.17) is 18.0 Å². The fourth-order valence-corrected chi connectivity index (χ4v) is 6.65. The Morgan fingerprint density at radius 3 is 2.46 bits per heavy atom. The minimum Gasteiger partial charge on any atom is -0.357 e. The average Bonchev–Trinajstić information content (AvgIpc) is 3.24. The van der Waals surface area contributed by atoms with Crippen LogP contribution in [-0.4, -0.2) is 39.9 Å². The lowest BCUT2D eigenvalue weighted by Gasteiger charge is -2.20. The Balaban J connectivity index is 1.62. The van der Waals surface area contributed by atoms with Crippen LogP contribution in [0.4, 0.5) is 5.69 Å². The Morgan fingerprint density at radius 1 is 1.13 bits per heavy atom. The molecular formula is C26H22BrClN4O5S2. The molecule has 4 rings (SSSR count). The van der Waals surface area contributed by atoms with Crippen molar-refractivity contribution in [3.63, 3.8) is 0 Å². The van der Waals surface area contributed by atoms with Gasteiger partial charge in [-0.2, -0.15) is 4.31 Å². The number of nitro benzene ring substituents is 1. The van der Waals surface area contributed by atoms with Gasteiger partial charge < -0.3 is 4.98 Å². The SMILES string of the molecule is C#CCN(Cc1[nH]c2ccc(Br)cc2c1CCNS(=O)c1ccc(Cl)cc1)S(=O)(=O)c1ccc([N+](=O)[O-])cc1. The van der Waals surface area contributed by atoms with Crippen LogP contribution in [-0.2, 0) is 34.0 Å². The highest BCUT2D eigenvalue weighted by Gasteiger charge is 2.27. The van der Waals surface area contributed by atoms with E-state index in [0.29, 0.717) is 28.6 Å². The molecule has 1 unspecified atom stereocenters. The van der Waals surface area contributed by atoms with Crippen molar-refractivity contribution in [1.82, 2.24) is 14.0 Å². The summed E-state index contributed by atoms with van der Waals surface area (Å²) in [6.07, 6.45) is 5.96. The van der Waals surface area contributed by atoms with Crippen molar-refractivity contribution in [2.75, 3.05) is 13.1 Å². The number of nitro groups is 1. The molecule has 9 nitrogen and oxygen atoms in total. The topological polar surface area (TPSA) is 125 Å². The third-order valence-electron chi connectivity index (χ3n) is 5.88. The number of nitrogens with zero attached hydrogens (tertiary/aromatic N) is 2. The van der Waals surface area contributed by atoms with E-state index < -0.39 is 25.9 Å². The van der Waals surface area contributed by atoms with Crippen molar-refractivity contribution in [2.45, 2.75) is 22.8 Å². The van der Waals surface area contributed by atoms with E-state index in [9.17, 15) is 22.7 Å². The van der Waals surface area contributed by atoms with E-state index in [2.05, 4.69) is 31.6 Å². The Hall–Kier alpha value is -3.05. The number of sulfonamides is 1. The highest BCUT2D eigenvalue weighted by Crippen LogP contribution is 2.29. The molecule has 0 fully saturated rings. The van der Waals surface area contributed by atoms with E-state index in [0.717, 1.165) is 37.4 Å². The lowest BCUT2D eigenvalue weighted by atomic mass is 10.1. The molecule has 4 aromatic rings. The van der Waals surface area contributed by atoms with E-state index in [1.807, 2.05) is 18.2 Å². The number of non-ortho nitro benzene ring substituents is 1. The van der Waals surface area contributed by atoms with Crippen LogP contribution < -0.4 is 4.72 Å². The van der Waals surface area contributed by atoms with Crippen molar-refractivity contribution < 1.29 is 17.6 Å². The maximum absolute atomic E-state index is 13.4. The average molecular weight is 650 g/mol. The van der Waals surface area contributed by atoms with Crippen LogP contribution in [0, 0.1) is 22.5 Å². The second-order valence-corrected chi connectivity index (χ2v) is 13.0. The van der Waals surface area contributed by atoms with Crippen molar-refractivity contribution in [3.8, 4) is 12.3 Å².